The minimum Gasteiger partial charge on any atom is -0.320 e. The maximum atomic E-state index is 11.9. The van der Waals surface area contributed by atoms with Crippen LogP contribution in [-0.2, 0) is 4.84 Å². The maximum absolute atomic E-state index is 11.9. The Morgan fingerprint density at radius 3 is 1.69 bits per heavy atom. The summed E-state index contributed by atoms with van der Waals surface area (Å²) in [6, 6.07) is 0. The molecular weight excluding hydrogens is 360 g/mol. The Labute approximate surface area is 180 Å². The van der Waals surface area contributed by atoms with Gasteiger partial charge < -0.3 is 5.32 Å². The number of carbonyl (C=O) groups excluding carboxylic acids is 1. The van der Waals surface area contributed by atoms with Crippen molar-refractivity contribution in [3.8, 4) is 0 Å². The number of oxime groups is 1. The number of hydrogen-bond donors (Lipinski definition) is 1. The van der Waals surface area contributed by atoms with Gasteiger partial charge in [-0.2, -0.15) is 0 Å². The third kappa shape index (κ3) is 17.5. The molecule has 4 nitrogen and oxygen atoms in total. The molecule has 1 amide bonds. The van der Waals surface area contributed by atoms with Crippen molar-refractivity contribution in [3.63, 3.8) is 0 Å². The first-order valence-electron chi connectivity index (χ1n) is 12.8. The Morgan fingerprint density at radius 2 is 1.17 bits per heavy atom. The van der Waals surface area contributed by atoms with Gasteiger partial charge in [0.2, 0.25) is 0 Å². The zero-order chi connectivity index (χ0) is 20.8. The van der Waals surface area contributed by atoms with E-state index in [0.29, 0.717) is 6.54 Å². The van der Waals surface area contributed by atoms with E-state index in [1.807, 2.05) is 0 Å². The normalized spacial score (nSPS) is 16.5. The van der Waals surface area contributed by atoms with Crippen LogP contribution in [0.5, 0.6) is 0 Å². The van der Waals surface area contributed by atoms with Crippen LogP contribution in [0.25, 0.3) is 0 Å². The SMILES string of the molecule is CCCCCCCCCCCCNC(=O)ON=C1CCCCCCCCCCC1. The van der Waals surface area contributed by atoms with Crippen LogP contribution in [0.1, 0.15) is 142 Å². The number of unbranched alkanes of at least 4 members (excludes halogenated alkanes) is 9. The molecule has 0 aromatic heterocycles. The molecule has 1 saturated carbocycles. The van der Waals surface area contributed by atoms with Gasteiger partial charge in [-0.25, -0.2) is 4.79 Å². The van der Waals surface area contributed by atoms with Crippen LogP contribution >= 0.6 is 0 Å². The van der Waals surface area contributed by atoms with Gasteiger partial charge in [-0.15, -0.1) is 0 Å². The first-order chi connectivity index (χ1) is 14.3. The fourth-order valence-electron chi connectivity index (χ4n) is 4.05. The largest absolute Gasteiger partial charge is 0.433 e. The van der Waals surface area contributed by atoms with Gasteiger partial charge in [-0.3, -0.25) is 4.84 Å². The van der Waals surface area contributed by atoms with Crippen molar-refractivity contribution in [2.45, 2.75) is 142 Å². The van der Waals surface area contributed by atoms with Crippen LogP contribution in [0.3, 0.4) is 0 Å². The summed E-state index contributed by atoms with van der Waals surface area (Å²) < 4.78 is 0. The number of rotatable bonds is 12. The third-order valence-electron chi connectivity index (χ3n) is 5.99. The monoisotopic (exact) mass is 408 g/mol. The number of amides is 1. The fourth-order valence-corrected chi connectivity index (χ4v) is 4.05. The van der Waals surface area contributed by atoms with E-state index in [0.717, 1.165) is 25.0 Å². The van der Waals surface area contributed by atoms with E-state index in [2.05, 4.69) is 17.4 Å². The Balaban J connectivity index is 2.04. The topological polar surface area (TPSA) is 50.7 Å². The highest BCUT2D eigenvalue weighted by molar-refractivity contribution is 5.84. The van der Waals surface area contributed by atoms with Crippen molar-refractivity contribution in [2.24, 2.45) is 5.16 Å². The minimum absolute atomic E-state index is 0.389. The van der Waals surface area contributed by atoms with Gasteiger partial charge in [0, 0.05) is 6.54 Å². The summed E-state index contributed by atoms with van der Waals surface area (Å²) in [5.41, 5.74) is 1.07. The van der Waals surface area contributed by atoms with Gasteiger partial charge >= 0.3 is 6.09 Å². The molecule has 0 bridgehead atoms. The second-order valence-electron chi connectivity index (χ2n) is 8.83. The predicted molar refractivity (Wildman–Crippen MR) is 125 cm³/mol. The van der Waals surface area contributed by atoms with Crippen LogP contribution in [0, 0.1) is 0 Å². The molecule has 0 saturated heterocycles. The third-order valence-corrected chi connectivity index (χ3v) is 5.99. The molecule has 0 unspecified atom stereocenters. The molecule has 1 aliphatic carbocycles. The predicted octanol–water partition coefficient (Wildman–Crippen LogP) is 8.29. The van der Waals surface area contributed by atoms with E-state index in [1.165, 1.54) is 116 Å². The lowest BCUT2D eigenvalue weighted by Crippen LogP contribution is -2.24. The summed E-state index contributed by atoms with van der Waals surface area (Å²) >= 11 is 0. The minimum atomic E-state index is -0.389. The van der Waals surface area contributed by atoms with Gasteiger partial charge in [-0.05, 0) is 32.1 Å². The first kappa shape index (κ1) is 26.0. The Morgan fingerprint density at radius 1 is 0.724 bits per heavy atom. The number of nitrogens with one attached hydrogen (secondary N) is 1. The molecule has 170 valence electrons. The molecule has 1 rings (SSSR count). The summed E-state index contributed by atoms with van der Waals surface area (Å²) in [6.45, 7) is 2.96. The van der Waals surface area contributed by atoms with Crippen molar-refractivity contribution in [1.82, 2.24) is 5.32 Å². The highest BCUT2D eigenvalue weighted by Gasteiger charge is 2.06. The molecule has 0 spiro atoms. The van der Waals surface area contributed by atoms with Crippen molar-refractivity contribution in [2.75, 3.05) is 6.54 Å². The second-order valence-corrected chi connectivity index (χ2v) is 8.83. The van der Waals surface area contributed by atoms with Crippen LogP contribution < -0.4 is 5.32 Å². The number of nitrogens with zero attached hydrogens (tertiary/aromatic N) is 1. The van der Waals surface area contributed by atoms with Gasteiger partial charge in [0.15, 0.2) is 0 Å². The smallest absolute Gasteiger partial charge is 0.320 e. The van der Waals surface area contributed by atoms with Crippen molar-refractivity contribution in [1.29, 1.82) is 0 Å². The van der Waals surface area contributed by atoms with E-state index in [-0.39, 0.29) is 6.09 Å². The van der Waals surface area contributed by atoms with Crippen molar-refractivity contribution < 1.29 is 9.63 Å². The van der Waals surface area contributed by atoms with E-state index >= 15 is 0 Å². The molecule has 0 aromatic rings. The Hall–Kier alpha value is -1.06. The number of hydrogen-bond acceptors (Lipinski definition) is 3. The average molecular weight is 409 g/mol. The quantitative estimate of drug-likeness (QED) is 0.200. The molecule has 0 aliphatic heterocycles. The zero-order valence-electron chi connectivity index (χ0n) is 19.3. The second kappa shape index (κ2) is 20.2. The van der Waals surface area contributed by atoms with Crippen molar-refractivity contribution >= 4 is 11.8 Å². The first-order valence-corrected chi connectivity index (χ1v) is 12.8. The average Bonchev–Trinajstić information content (AvgIpc) is 2.71. The van der Waals surface area contributed by atoms with Gasteiger partial charge in [0.25, 0.3) is 0 Å². The molecule has 0 aromatic carbocycles. The van der Waals surface area contributed by atoms with Gasteiger partial charge in [0.05, 0.1) is 5.71 Å². The molecular formula is C25H48N2O2. The van der Waals surface area contributed by atoms with Crippen molar-refractivity contribution in [3.05, 3.63) is 0 Å². The molecule has 1 fully saturated rings. The molecule has 0 radical (unpaired) electrons. The maximum Gasteiger partial charge on any atom is 0.433 e. The van der Waals surface area contributed by atoms with Gasteiger partial charge in [-0.1, -0.05) is 115 Å². The standard InChI is InChI=1S/C25H48N2O2/c1-2-3-4-5-6-7-11-14-17-20-23-26-25(28)29-27-24-21-18-15-12-9-8-10-13-16-19-22-24/h2-23H2,1H3,(H,26,28). The van der Waals surface area contributed by atoms with E-state index in [9.17, 15) is 4.79 Å². The summed E-state index contributed by atoms with van der Waals surface area (Å²) in [6.07, 6.45) is 26.3. The van der Waals surface area contributed by atoms with Gasteiger partial charge in [0.1, 0.15) is 0 Å². The van der Waals surface area contributed by atoms with E-state index in [4.69, 9.17) is 4.84 Å². The van der Waals surface area contributed by atoms with Crippen LogP contribution in [-0.4, -0.2) is 18.3 Å². The molecule has 29 heavy (non-hydrogen) atoms. The molecule has 4 heteroatoms. The molecule has 1 N–H and O–H groups in total. The zero-order valence-corrected chi connectivity index (χ0v) is 19.3. The summed E-state index contributed by atoms with van der Waals surface area (Å²) in [7, 11) is 0. The molecule has 0 heterocycles. The lowest BCUT2D eigenvalue weighted by Gasteiger charge is -2.09. The van der Waals surface area contributed by atoms with Crippen LogP contribution in [0.4, 0.5) is 4.79 Å². The fraction of sp³-hybridized carbons (Fsp3) is 0.920. The van der Waals surface area contributed by atoms with Crippen LogP contribution in [0.2, 0.25) is 0 Å². The lowest BCUT2D eigenvalue weighted by atomic mass is 10.00. The van der Waals surface area contributed by atoms with Crippen LogP contribution in [0.15, 0.2) is 5.16 Å². The Kier molecular flexibility index (Phi) is 18.1. The Bertz CT molecular complexity index is 396. The lowest BCUT2D eigenvalue weighted by molar-refractivity contribution is 0.150. The number of carbonyl (C=O) groups is 1. The highest BCUT2D eigenvalue weighted by Crippen LogP contribution is 2.15. The van der Waals surface area contributed by atoms with E-state index < -0.39 is 0 Å². The summed E-state index contributed by atoms with van der Waals surface area (Å²) in [4.78, 5) is 17.0. The molecule has 1 aliphatic rings. The van der Waals surface area contributed by atoms with E-state index in [1.54, 1.807) is 0 Å². The molecule has 0 atom stereocenters. The summed E-state index contributed by atoms with van der Waals surface area (Å²) in [5.74, 6) is 0. The summed E-state index contributed by atoms with van der Waals surface area (Å²) in [5, 5.41) is 7.03. The highest BCUT2D eigenvalue weighted by atomic mass is 16.7.